The first-order valence-electron chi connectivity index (χ1n) is 5.01. The van der Waals surface area contributed by atoms with Crippen molar-refractivity contribution >= 4 is 10.8 Å². The third kappa shape index (κ3) is 1.24. The molecule has 2 heterocycles. The fourth-order valence-corrected chi connectivity index (χ4v) is 1.85. The normalized spacial score (nSPS) is 13.6. The predicted octanol–water partition coefficient (Wildman–Crippen LogP) is 2.58. The van der Waals surface area contributed by atoms with Crippen LogP contribution in [-0.4, -0.2) is 4.98 Å². The van der Waals surface area contributed by atoms with Gasteiger partial charge in [0.25, 0.3) is 0 Å². The molecule has 0 atom stereocenters. The van der Waals surface area contributed by atoms with Crippen molar-refractivity contribution in [2.75, 3.05) is 0 Å². The summed E-state index contributed by atoms with van der Waals surface area (Å²) in [6.45, 7) is 0. The summed E-state index contributed by atoms with van der Waals surface area (Å²) in [6.07, 6.45) is 3.88. The largest absolute Gasteiger partial charge is 0.461 e. The van der Waals surface area contributed by atoms with Crippen LogP contribution in [0.4, 0.5) is 0 Å². The highest BCUT2D eigenvalue weighted by Crippen LogP contribution is 2.32. The molecule has 1 aliphatic rings. The minimum absolute atomic E-state index is 0.552. The number of allylic oxidation sites excluding steroid dienone is 1. The molecule has 0 unspecified atom stereocenters. The van der Waals surface area contributed by atoms with Gasteiger partial charge < -0.3 is 4.74 Å². The monoisotopic (exact) mass is 208 g/mol. The number of ether oxygens (including phenoxy) is 1. The zero-order valence-corrected chi connectivity index (χ0v) is 8.47. The van der Waals surface area contributed by atoms with Crippen LogP contribution in [0.15, 0.2) is 42.3 Å². The van der Waals surface area contributed by atoms with Gasteiger partial charge in [0.1, 0.15) is 6.26 Å². The van der Waals surface area contributed by atoms with Gasteiger partial charge in [0.05, 0.1) is 17.3 Å². The Balaban J connectivity index is 2.23. The van der Waals surface area contributed by atoms with E-state index < -0.39 is 0 Å². The van der Waals surface area contributed by atoms with Gasteiger partial charge in [0.15, 0.2) is 5.75 Å². The van der Waals surface area contributed by atoms with E-state index in [0.717, 1.165) is 22.2 Å². The van der Waals surface area contributed by atoms with E-state index in [-0.39, 0.29) is 0 Å². The van der Waals surface area contributed by atoms with Gasteiger partial charge in [-0.15, -0.1) is 0 Å². The summed E-state index contributed by atoms with van der Waals surface area (Å²) >= 11 is 0. The molecule has 0 fully saturated rings. The Morgan fingerprint density at radius 1 is 1.31 bits per heavy atom. The molecule has 0 radical (unpaired) electrons. The highest BCUT2D eigenvalue weighted by molar-refractivity contribution is 5.88. The maximum absolute atomic E-state index is 8.80. The molecule has 0 N–H and O–H groups in total. The molecule has 0 saturated carbocycles. The molecule has 76 valence electrons. The number of hydrogen-bond acceptors (Lipinski definition) is 3. The van der Waals surface area contributed by atoms with E-state index in [1.54, 1.807) is 0 Å². The van der Waals surface area contributed by atoms with Crippen LogP contribution in [0, 0.1) is 11.3 Å². The number of rotatable bonds is 0. The number of hydrogen-bond donors (Lipinski definition) is 0. The van der Waals surface area contributed by atoms with Gasteiger partial charge in [-0.1, -0.05) is 24.3 Å². The molecule has 0 bridgehead atoms. The lowest BCUT2D eigenvalue weighted by molar-refractivity contribution is 0.461. The fraction of sp³-hybridized carbons (Fsp3) is 0.0769. The Bertz CT molecular complexity index is 638. The number of fused-ring (bicyclic) bond motifs is 3. The molecule has 0 saturated heterocycles. The van der Waals surface area contributed by atoms with Crippen LogP contribution in [0.3, 0.4) is 0 Å². The van der Waals surface area contributed by atoms with Gasteiger partial charge >= 0.3 is 0 Å². The summed E-state index contributed by atoms with van der Waals surface area (Å²) in [5.74, 6) is 0.775. The summed E-state index contributed by atoms with van der Waals surface area (Å²) in [5.41, 5.74) is 1.44. The standard InChI is InChI=1S/C13H8N2O/c14-6-9-5-12-13(16-8-9)11-4-2-1-3-10(11)7-15-12/h1-4,7-8H,5H2. The summed E-state index contributed by atoms with van der Waals surface area (Å²) < 4.78 is 5.49. The van der Waals surface area contributed by atoms with Crippen LogP contribution in [0.5, 0.6) is 5.75 Å². The third-order valence-corrected chi connectivity index (χ3v) is 2.65. The van der Waals surface area contributed by atoms with Crippen molar-refractivity contribution in [2.45, 2.75) is 6.42 Å². The Labute approximate surface area is 92.6 Å². The van der Waals surface area contributed by atoms with E-state index in [4.69, 9.17) is 10.00 Å². The van der Waals surface area contributed by atoms with Crippen molar-refractivity contribution in [3.8, 4) is 11.8 Å². The van der Waals surface area contributed by atoms with Gasteiger partial charge in [-0.25, -0.2) is 0 Å². The molecule has 0 aliphatic carbocycles. The molecule has 2 aromatic rings. The van der Waals surface area contributed by atoms with Gasteiger partial charge in [0.2, 0.25) is 0 Å². The van der Waals surface area contributed by atoms with Gasteiger partial charge in [0, 0.05) is 23.4 Å². The van der Waals surface area contributed by atoms with Crippen LogP contribution in [-0.2, 0) is 6.42 Å². The molecule has 0 spiro atoms. The molecule has 16 heavy (non-hydrogen) atoms. The van der Waals surface area contributed by atoms with Crippen molar-refractivity contribution in [1.29, 1.82) is 5.26 Å². The van der Waals surface area contributed by atoms with E-state index in [1.165, 1.54) is 6.26 Å². The molecule has 3 nitrogen and oxygen atoms in total. The van der Waals surface area contributed by atoms with Gasteiger partial charge in [-0.3, -0.25) is 4.98 Å². The zero-order chi connectivity index (χ0) is 11.0. The van der Waals surface area contributed by atoms with Crippen LogP contribution in [0.2, 0.25) is 0 Å². The van der Waals surface area contributed by atoms with Crippen LogP contribution in [0.25, 0.3) is 10.8 Å². The Morgan fingerprint density at radius 3 is 3.06 bits per heavy atom. The minimum Gasteiger partial charge on any atom is -0.461 e. The molecule has 1 aliphatic heterocycles. The maximum Gasteiger partial charge on any atom is 0.156 e. The average Bonchev–Trinajstić information content (AvgIpc) is 2.38. The maximum atomic E-state index is 8.80. The van der Waals surface area contributed by atoms with Crippen LogP contribution < -0.4 is 4.74 Å². The van der Waals surface area contributed by atoms with Crippen LogP contribution >= 0.6 is 0 Å². The zero-order valence-electron chi connectivity index (χ0n) is 8.47. The van der Waals surface area contributed by atoms with Crippen molar-refractivity contribution < 1.29 is 4.74 Å². The lowest BCUT2D eigenvalue weighted by atomic mass is 10.1. The molecule has 3 heteroatoms. The first-order chi connectivity index (χ1) is 7.88. The van der Waals surface area contributed by atoms with E-state index in [2.05, 4.69) is 11.1 Å². The number of benzene rings is 1. The molecule has 1 aromatic carbocycles. The molecule has 0 amide bonds. The average molecular weight is 208 g/mol. The molecule has 1 aromatic heterocycles. The smallest absolute Gasteiger partial charge is 0.156 e. The highest BCUT2D eigenvalue weighted by atomic mass is 16.5. The van der Waals surface area contributed by atoms with Gasteiger partial charge in [-0.05, 0) is 0 Å². The topological polar surface area (TPSA) is 45.9 Å². The summed E-state index contributed by atoms with van der Waals surface area (Å²) in [5, 5.41) is 10.9. The van der Waals surface area contributed by atoms with E-state index in [0.29, 0.717) is 12.0 Å². The first kappa shape index (κ1) is 8.93. The molecule has 3 rings (SSSR count). The molecular formula is C13H8N2O. The highest BCUT2D eigenvalue weighted by Gasteiger charge is 2.16. The van der Waals surface area contributed by atoms with E-state index in [9.17, 15) is 0 Å². The van der Waals surface area contributed by atoms with Crippen LogP contribution in [0.1, 0.15) is 5.69 Å². The Hall–Kier alpha value is -2.34. The second kappa shape index (κ2) is 3.35. The van der Waals surface area contributed by atoms with E-state index in [1.807, 2.05) is 30.5 Å². The van der Waals surface area contributed by atoms with Crippen molar-refractivity contribution in [3.63, 3.8) is 0 Å². The number of pyridine rings is 1. The first-order valence-corrected chi connectivity index (χ1v) is 5.01. The molecular weight excluding hydrogens is 200 g/mol. The van der Waals surface area contributed by atoms with Crippen molar-refractivity contribution in [1.82, 2.24) is 4.98 Å². The van der Waals surface area contributed by atoms with E-state index >= 15 is 0 Å². The second-order valence-electron chi connectivity index (χ2n) is 3.67. The summed E-state index contributed by atoms with van der Waals surface area (Å²) in [6, 6.07) is 10.0. The summed E-state index contributed by atoms with van der Waals surface area (Å²) in [4.78, 5) is 4.33. The number of nitriles is 1. The minimum atomic E-state index is 0.552. The predicted molar refractivity (Wildman–Crippen MR) is 59.8 cm³/mol. The Kier molecular flexibility index (Phi) is 1.87. The number of nitrogens with zero attached hydrogens (tertiary/aromatic N) is 2. The summed E-state index contributed by atoms with van der Waals surface area (Å²) in [7, 11) is 0. The third-order valence-electron chi connectivity index (χ3n) is 2.65. The lowest BCUT2D eigenvalue weighted by Gasteiger charge is -2.14. The van der Waals surface area contributed by atoms with Gasteiger partial charge in [-0.2, -0.15) is 5.26 Å². The lowest BCUT2D eigenvalue weighted by Crippen LogP contribution is -2.04. The van der Waals surface area contributed by atoms with Crippen molar-refractivity contribution in [3.05, 3.63) is 48.0 Å². The number of aromatic nitrogens is 1. The Morgan fingerprint density at radius 2 is 2.19 bits per heavy atom. The van der Waals surface area contributed by atoms with Crippen molar-refractivity contribution in [2.24, 2.45) is 0 Å². The fourth-order valence-electron chi connectivity index (χ4n) is 1.85. The SMILES string of the molecule is N#CC1=COc2c(ncc3ccccc23)C1. The quantitative estimate of drug-likeness (QED) is 0.668. The second-order valence-corrected chi connectivity index (χ2v) is 3.67.